The van der Waals surface area contributed by atoms with Crippen molar-refractivity contribution in [2.75, 3.05) is 37.2 Å². The highest BCUT2D eigenvalue weighted by molar-refractivity contribution is 7.99. The molecule has 2 aromatic heterocycles. The highest BCUT2D eigenvalue weighted by Crippen LogP contribution is 2.19. The number of pyridine rings is 1. The summed E-state index contributed by atoms with van der Waals surface area (Å²) >= 11 is 1.36. The molecule has 0 spiro atoms. The van der Waals surface area contributed by atoms with Gasteiger partial charge in [0.2, 0.25) is 11.8 Å². The van der Waals surface area contributed by atoms with Crippen LogP contribution in [-0.4, -0.2) is 68.5 Å². The van der Waals surface area contributed by atoms with Gasteiger partial charge in [0.25, 0.3) is 0 Å². The zero-order valence-corrected chi connectivity index (χ0v) is 20.0. The summed E-state index contributed by atoms with van der Waals surface area (Å²) in [6, 6.07) is 15.4. The fourth-order valence-electron chi connectivity index (χ4n) is 3.82. The van der Waals surface area contributed by atoms with Crippen molar-refractivity contribution in [3.8, 4) is 11.4 Å². The molecule has 0 saturated carbocycles. The predicted molar refractivity (Wildman–Crippen MR) is 133 cm³/mol. The molecule has 1 aliphatic rings. The lowest BCUT2D eigenvalue weighted by Crippen LogP contribution is -2.36. The van der Waals surface area contributed by atoms with Crippen molar-refractivity contribution in [1.82, 2.24) is 24.8 Å². The summed E-state index contributed by atoms with van der Waals surface area (Å²) in [5.74, 6) is 0.352. The van der Waals surface area contributed by atoms with Gasteiger partial charge in [-0.25, -0.2) is 9.97 Å². The van der Waals surface area contributed by atoms with Gasteiger partial charge in [-0.3, -0.25) is 19.5 Å². The molecule has 0 bridgehead atoms. The molecular formula is C25H28N6O2S. The second-order valence-electron chi connectivity index (χ2n) is 8.12. The molecule has 1 aromatic carbocycles. The van der Waals surface area contributed by atoms with E-state index in [4.69, 9.17) is 0 Å². The maximum Gasteiger partial charge on any atom is 0.233 e. The molecule has 176 valence electrons. The smallest absolute Gasteiger partial charge is 0.233 e. The van der Waals surface area contributed by atoms with Gasteiger partial charge in [-0.15, -0.1) is 0 Å². The SMILES string of the molecule is CC(=O)Nc1ccc(CN2CCCN(C(=O)CSc3nccc(-c4ccccn4)n3)CC2)cc1. The van der Waals surface area contributed by atoms with E-state index in [1.165, 1.54) is 24.2 Å². The number of anilines is 1. The number of carbonyl (C=O) groups excluding carboxylic acids is 2. The molecule has 0 atom stereocenters. The van der Waals surface area contributed by atoms with Crippen LogP contribution in [-0.2, 0) is 16.1 Å². The molecule has 3 aromatic rings. The van der Waals surface area contributed by atoms with E-state index in [2.05, 4.69) is 25.2 Å². The van der Waals surface area contributed by atoms with E-state index in [9.17, 15) is 9.59 Å². The fraction of sp³-hybridized carbons (Fsp3) is 0.320. The summed E-state index contributed by atoms with van der Waals surface area (Å²) in [5, 5.41) is 3.37. The maximum atomic E-state index is 12.9. The number of carbonyl (C=O) groups is 2. The topological polar surface area (TPSA) is 91.3 Å². The van der Waals surface area contributed by atoms with E-state index in [0.29, 0.717) is 17.5 Å². The third-order valence-corrected chi connectivity index (χ3v) is 6.35. The molecule has 34 heavy (non-hydrogen) atoms. The summed E-state index contributed by atoms with van der Waals surface area (Å²) in [7, 11) is 0. The molecular weight excluding hydrogens is 448 g/mol. The molecule has 4 rings (SSSR count). The number of benzene rings is 1. The molecule has 1 fully saturated rings. The first-order chi connectivity index (χ1) is 16.6. The lowest BCUT2D eigenvalue weighted by Gasteiger charge is -2.22. The Hall–Kier alpha value is -3.30. The molecule has 0 aliphatic carbocycles. The standard InChI is InChI=1S/C25H28N6O2S/c1-19(32)28-21-8-6-20(7-9-21)17-30-13-4-14-31(16-15-30)24(33)18-34-25-27-12-10-23(29-25)22-5-2-3-11-26-22/h2-3,5-12H,4,13-18H2,1H3,(H,28,32). The molecule has 1 saturated heterocycles. The van der Waals surface area contributed by atoms with E-state index < -0.39 is 0 Å². The summed E-state index contributed by atoms with van der Waals surface area (Å²) in [6.07, 6.45) is 4.37. The first-order valence-electron chi connectivity index (χ1n) is 11.3. The van der Waals surface area contributed by atoms with Gasteiger partial charge in [-0.05, 0) is 42.3 Å². The molecule has 9 heteroatoms. The third-order valence-electron chi connectivity index (χ3n) is 5.51. The van der Waals surface area contributed by atoms with Gasteiger partial charge in [-0.2, -0.15) is 0 Å². The van der Waals surface area contributed by atoms with Crippen LogP contribution in [0, 0.1) is 0 Å². The second kappa shape index (κ2) is 11.7. The lowest BCUT2D eigenvalue weighted by atomic mass is 10.2. The lowest BCUT2D eigenvalue weighted by molar-refractivity contribution is -0.128. The largest absolute Gasteiger partial charge is 0.341 e. The molecule has 1 N–H and O–H groups in total. The van der Waals surface area contributed by atoms with Crippen molar-refractivity contribution in [1.29, 1.82) is 0 Å². The molecule has 1 aliphatic heterocycles. The predicted octanol–water partition coefficient (Wildman–Crippen LogP) is 3.32. The molecule has 0 unspecified atom stereocenters. The number of amides is 2. The van der Waals surface area contributed by atoms with Crippen molar-refractivity contribution in [2.24, 2.45) is 0 Å². The van der Waals surface area contributed by atoms with Crippen LogP contribution in [0.25, 0.3) is 11.4 Å². The van der Waals surface area contributed by atoms with Gasteiger partial charge in [0, 0.05) is 57.7 Å². The van der Waals surface area contributed by atoms with Crippen molar-refractivity contribution in [3.05, 3.63) is 66.5 Å². The number of nitrogens with zero attached hydrogens (tertiary/aromatic N) is 5. The first-order valence-corrected chi connectivity index (χ1v) is 12.3. The minimum absolute atomic E-state index is 0.0735. The molecule has 8 nitrogen and oxygen atoms in total. The number of hydrogen-bond donors (Lipinski definition) is 1. The Kier molecular flexibility index (Phi) is 8.21. The van der Waals surface area contributed by atoms with Crippen LogP contribution in [0.15, 0.2) is 66.1 Å². The highest BCUT2D eigenvalue weighted by atomic mass is 32.2. The summed E-state index contributed by atoms with van der Waals surface area (Å²) < 4.78 is 0. The normalized spacial score (nSPS) is 14.4. The number of thioether (sulfide) groups is 1. The van der Waals surface area contributed by atoms with Crippen LogP contribution in [0.5, 0.6) is 0 Å². The fourth-order valence-corrected chi connectivity index (χ4v) is 4.55. The number of aromatic nitrogens is 3. The highest BCUT2D eigenvalue weighted by Gasteiger charge is 2.20. The van der Waals surface area contributed by atoms with Crippen LogP contribution in [0.4, 0.5) is 5.69 Å². The van der Waals surface area contributed by atoms with Crippen molar-refractivity contribution < 1.29 is 9.59 Å². The Balaban J connectivity index is 1.26. The quantitative estimate of drug-likeness (QED) is 0.413. The van der Waals surface area contributed by atoms with E-state index in [-0.39, 0.29) is 11.8 Å². The van der Waals surface area contributed by atoms with Crippen molar-refractivity contribution in [2.45, 2.75) is 25.0 Å². The number of hydrogen-bond acceptors (Lipinski definition) is 7. The van der Waals surface area contributed by atoms with E-state index in [1.54, 1.807) is 12.4 Å². The maximum absolute atomic E-state index is 12.9. The average molecular weight is 477 g/mol. The van der Waals surface area contributed by atoms with Crippen LogP contribution in [0.2, 0.25) is 0 Å². The van der Waals surface area contributed by atoms with Crippen LogP contribution in [0.3, 0.4) is 0 Å². The molecule has 2 amide bonds. The van der Waals surface area contributed by atoms with Gasteiger partial charge < -0.3 is 10.2 Å². The summed E-state index contributed by atoms with van der Waals surface area (Å²) in [4.78, 5) is 41.5. The van der Waals surface area contributed by atoms with E-state index in [0.717, 1.165) is 49.7 Å². The van der Waals surface area contributed by atoms with Crippen molar-refractivity contribution >= 4 is 29.3 Å². The van der Waals surface area contributed by atoms with Crippen molar-refractivity contribution in [3.63, 3.8) is 0 Å². The zero-order chi connectivity index (χ0) is 23.8. The Morgan fingerprint density at radius 1 is 0.941 bits per heavy atom. The molecule has 0 radical (unpaired) electrons. The zero-order valence-electron chi connectivity index (χ0n) is 19.2. The third kappa shape index (κ3) is 6.85. The summed E-state index contributed by atoms with van der Waals surface area (Å²) in [5.41, 5.74) is 3.53. The summed E-state index contributed by atoms with van der Waals surface area (Å²) in [6.45, 7) is 5.56. The van der Waals surface area contributed by atoms with Gasteiger partial charge in [0.1, 0.15) is 0 Å². The monoisotopic (exact) mass is 476 g/mol. The van der Waals surface area contributed by atoms with Crippen LogP contribution < -0.4 is 5.32 Å². The Morgan fingerprint density at radius 3 is 2.56 bits per heavy atom. The minimum atomic E-state index is -0.0735. The van der Waals surface area contributed by atoms with Crippen LogP contribution in [0.1, 0.15) is 18.9 Å². The van der Waals surface area contributed by atoms with Gasteiger partial charge >= 0.3 is 0 Å². The average Bonchev–Trinajstić information content (AvgIpc) is 3.10. The van der Waals surface area contributed by atoms with E-state index >= 15 is 0 Å². The first kappa shape index (κ1) is 23.8. The Labute approximate surface area is 203 Å². The second-order valence-corrected chi connectivity index (χ2v) is 9.06. The minimum Gasteiger partial charge on any atom is -0.341 e. The van der Waals surface area contributed by atoms with Crippen LogP contribution >= 0.6 is 11.8 Å². The van der Waals surface area contributed by atoms with Gasteiger partial charge in [0.05, 0.1) is 17.1 Å². The van der Waals surface area contributed by atoms with E-state index in [1.807, 2.05) is 53.4 Å². The number of nitrogens with one attached hydrogen (secondary N) is 1. The van der Waals surface area contributed by atoms with Gasteiger partial charge in [-0.1, -0.05) is 30.0 Å². The molecule has 3 heterocycles. The number of rotatable bonds is 7. The Bertz CT molecular complexity index is 1110. The van der Waals surface area contributed by atoms with Gasteiger partial charge in [0.15, 0.2) is 5.16 Å². The Morgan fingerprint density at radius 2 is 1.79 bits per heavy atom.